The minimum atomic E-state index is 0.495. The summed E-state index contributed by atoms with van der Waals surface area (Å²) in [6.45, 7) is 0.913. The molecule has 0 aliphatic carbocycles. The normalized spacial score (nSPS) is 10.5. The highest BCUT2D eigenvalue weighted by Gasteiger charge is 2.04. The Balaban J connectivity index is 2.34. The number of rotatable bonds is 7. The summed E-state index contributed by atoms with van der Waals surface area (Å²) in [6, 6.07) is 3.46. The number of nitrogens with two attached hydrogens (primary N) is 1. The Kier molecular flexibility index (Phi) is 6.93. The van der Waals surface area contributed by atoms with Gasteiger partial charge in [0.25, 0.3) is 0 Å². The van der Waals surface area contributed by atoms with Crippen LogP contribution in [0, 0.1) is 0 Å². The molecule has 5 heteroatoms. The molecule has 2 nitrogen and oxygen atoms in total. The van der Waals surface area contributed by atoms with Crippen LogP contribution in [0.4, 0.5) is 11.4 Å². The maximum Gasteiger partial charge on any atom is 0.0614 e. The SMILES string of the molecule is CSCCCCCNc1cc(Cl)c(Cl)cc1N. The summed E-state index contributed by atoms with van der Waals surface area (Å²) >= 11 is 13.7. The summed E-state index contributed by atoms with van der Waals surface area (Å²) in [4.78, 5) is 0. The van der Waals surface area contributed by atoms with Crippen molar-refractivity contribution in [3.63, 3.8) is 0 Å². The van der Waals surface area contributed by atoms with Crippen molar-refractivity contribution >= 4 is 46.3 Å². The van der Waals surface area contributed by atoms with E-state index in [0.717, 1.165) is 18.7 Å². The van der Waals surface area contributed by atoms with Gasteiger partial charge >= 0.3 is 0 Å². The lowest BCUT2D eigenvalue weighted by molar-refractivity contribution is 0.750. The van der Waals surface area contributed by atoms with Gasteiger partial charge in [0, 0.05) is 6.54 Å². The molecule has 0 radical (unpaired) electrons. The van der Waals surface area contributed by atoms with E-state index in [1.54, 1.807) is 12.1 Å². The van der Waals surface area contributed by atoms with Crippen molar-refractivity contribution in [1.29, 1.82) is 0 Å². The molecule has 0 atom stereocenters. The zero-order valence-electron chi connectivity index (χ0n) is 9.93. The molecule has 0 aliphatic rings. The predicted molar refractivity (Wildman–Crippen MR) is 81.6 cm³/mol. The number of nitrogen functional groups attached to an aromatic ring is 1. The van der Waals surface area contributed by atoms with Gasteiger partial charge in [0.1, 0.15) is 0 Å². The Labute approximate surface area is 117 Å². The average molecular weight is 293 g/mol. The second-order valence-corrected chi connectivity index (χ2v) is 5.63. The van der Waals surface area contributed by atoms with Crippen LogP contribution in [0.3, 0.4) is 0 Å². The van der Waals surface area contributed by atoms with Crippen LogP contribution in [0.25, 0.3) is 0 Å². The Morgan fingerprint density at radius 1 is 1.18 bits per heavy atom. The first-order valence-electron chi connectivity index (χ1n) is 5.62. The molecule has 96 valence electrons. The first kappa shape index (κ1) is 14.8. The second-order valence-electron chi connectivity index (χ2n) is 3.83. The van der Waals surface area contributed by atoms with Crippen LogP contribution in [0.15, 0.2) is 12.1 Å². The molecule has 0 saturated carbocycles. The molecule has 1 rings (SSSR count). The molecular weight excluding hydrogens is 275 g/mol. The highest BCUT2D eigenvalue weighted by atomic mass is 35.5. The molecule has 0 saturated heterocycles. The number of hydrogen-bond acceptors (Lipinski definition) is 3. The lowest BCUT2D eigenvalue weighted by Crippen LogP contribution is -2.04. The van der Waals surface area contributed by atoms with E-state index in [-0.39, 0.29) is 0 Å². The predicted octanol–water partition coefficient (Wildman–Crippen LogP) is 4.52. The van der Waals surface area contributed by atoms with Gasteiger partial charge in [-0.05, 0) is 37.0 Å². The molecular formula is C12H18Cl2N2S. The van der Waals surface area contributed by atoms with Gasteiger partial charge in [-0.1, -0.05) is 29.6 Å². The number of nitrogens with one attached hydrogen (secondary N) is 1. The van der Waals surface area contributed by atoms with Gasteiger partial charge < -0.3 is 11.1 Å². The molecule has 0 aliphatic heterocycles. The molecule has 0 fully saturated rings. The van der Waals surface area contributed by atoms with Gasteiger partial charge in [-0.15, -0.1) is 0 Å². The minimum absolute atomic E-state index is 0.495. The smallest absolute Gasteiger partial charge is 0.0614 e. The van der Waals surface area contributed by atoms with Crippen molar-refractivity contribution in [3.8, 4) is 0 Å². The third-order valence-corrected chi connectivity index (χ3v) is 3.85. The van der Waals surface area contributed by atoms with Crippen molar-refractivity contribution in [1.82, 2.24) is 0 Å². The van der Waals surface area contributed by atoms with Crippen molar-refractivity contribution in [2.24, 2.45) is 0 Å². The van der Waals surface area contributed by atoms with E-state index >= 15 is 0 Å². The fourth-order valence-corrected chi connectivity index (χ4v) is 2.32. The second kappa shape index (κ2) is 7.96. The fraction of sp³-hybridized carbons (Fsp3) is 0.500. The highest BCUT2D eigenvalue weighted by Crippen LogP contribution is 2.30. The number of halogens is 2. The Bertz CT molecular complexity index is 359. The van der Waals surface area contributed by atoms with Crippen molar-refractivity contribution in [2.45, 2.75) is 19.3 Å². The summed E-state index contributed by atoms with van der Waals surface area (Å²) in [5.74, 6) is 1.23. The van der Waals surface area contributed by atoms with Crippen LogP contribution >= 0.6 is 35.0 Å². The average Bonchev–Trinajstić information content (AvgIpc) is 2.30. The van der Waals surface area contributed by atoms with Crippen molar-refractivity contribution < 1.29 is 0 Å². The lowest BCUT2D eigenvalue weighted by Gasteiger charge is -2.10. The van der Waals surface area contributed by atoms with Gasteiger partial charge in [-0.3, -0.25) is 0 Å². The van der Waals surface area contributed by atoms with Crippen molar-refractivity contribution in [2.75, 3.05) is 29.6 Å². The van der Waals surface area contributed by atoms with E-state index in [2.05, 4.69) is 11.6 Å². The summed E-state index contributed by atoms with van der Waals surface area (Å²) in [5, 5.41) is 4.31. The molecule has 0 aromatic heterocycles. The van der Waals surface area contributed by atoms with E-state index in [1.165, 1.54) is 18.6 Å². The van der Waals surface area contributed by atoms with Crippen LogP contribution in [0.5, 0.6) is 0 Å². The van der Waals surface area contributed by atoms with Gasteiger partial charge in [0.05, 0.1) is 21.4 Å². The molecule has 17 heavy (non-hydrogen) atoms. The largest absolute Gasteiger partial charge is 0.397 e. The standard InChI is InChI=1S/C12H18Cl2N2S/c1-17-6-4-2-3-5-16-12-8-10(14)9(13)7-11(12)15/h7-8,16H,2-6,15H2,1H3. The monoisotopic (exact) mass is 292 g/mol. The number of benzene rings is 1. The molecule has 0 amide bonds. The number of unbranched alkanes of at least 4 members (excludes halogenated alkanes) is 2. The third kappa shape index (κ3) is 5.28. The maximum atomic E-state index is 5.94. The van der Waals surface area contributed by atoms with Crippen LogP contribution < -0.4 is 11.1 Å². The van der Waals surface area contributed by atoms with E-state index in [0.29, 0.717) is 15.7 Å². The molecule has 0 spiro atoms. The Morgan fingerprint density at radius 3 is 2.59 bits per heavy atom. The Morgan fingerprint density at radius 2 is 1.88 bits per heavy atom. The molecule has 0 bridgehead atoms. The minimum Gasteiger partial charge on any atom is -0.397 e. The summed E-state index contributed by atoms with van der Waals surface area (Å²) in [5.41, 5.74) is 7.35. The molecule has 0 heterocycles. The van der Waals surface area contributed by atoms with Crippen LogP contribution in [0.2, 0.25) is 10.0 Å². The topological polar surface area (TPSA) is 38.0 Å². The highest BCUT2D eigenvalue weighted by molar-refractivity contribution is 7.98. The molecule has 1 aromatic carbocycles. The van der Waals surface area contributed by atoms with Crippen LogP contribution in [-0.4, -0.2) is 18.6 Å². The van der Waals surface area contributed by atoms with E-state index in [1.807, 2.05) is 11.8 Å². The molecule has 0 unspecified atom stereocenters. The van der Waals surface area contributed by atoms with Crippen LogP contribution in [-0.2, 0) is 0 Å². The third-order valence-electron chi connectivity index (χ3n) is 2.43. The van der Waals surface area contributed by atoms with Gasteiger partial charge in [0.2, 0.25) is 0 Å². The van der Waals surface area contributed by atoms with Crippen LogP contribution in [0.1, 0.15) is 19.3 Å². The molecule has 3 N–H and O–H groups in total. The number of hydrogen-bond donors (Lipinski definition) is 2. The fourth-order valence-electron chi connectivity index (χ4n) is 1.49. The quantitative estimate of drug-likeness (QED) is 0.573. The van der Waals surface area contributed by atoms with Gasteiger partial charge in [-0.25, -0.2) is 0 Å². The zero-order valence-corrected chi connectivity index (χ0v) is 12.3. The van der Waals surface area contributed by atoms with Crippen molar-refractivity contribution in [3.05, 3.63) is 22.2 Å². The number of thioether (sulfide) groups is 1. The zero-order chi connectivity index (χ0) is 12.7. The first-order valence-corrected chi connectivity index (χ1v) is 7.77. The van der Waals surface area contributed by atoms with E-state index in [4.69, 9.17) is 28.9 Å². The summed E-state index contributed by atoms with van der Waals surface area (Å²) in [6.07, 6.45) is 5.77. The lowest BCUT2D eigenvalue weighted by atomic mass is 10.2. The van der Waals surface area contributed by atoms with Gasteiger partial charge in [0.15, 0.2) is 0 Å². The number of anilines is 2. The Hall–Kier alpha value is -0.250. The summed E-state index contributed by atoms with van der Waals surface area (Å²) in [7, 11) is 0. The molecule has 1 aromatic rings. The summed E-state index contributed by atoms with van der Waals surface area (Å²) < 4.78 is 0. The maximum absolute atomic E-state index is 5.94. The van der Waals surface area contributed by atoms with Gasteiger partial charge in [-0.2, -0.15) is 11.8 Å². The first-order chi connectivity index (χ1) is 8.15. The van der Waals surface area contributed by atoms with E-state index in [9.17, 15) is 0 Å². The van der Waals surface area contributed by atoms with E-state index < -0.39 is 0 Å².